The van der Waals surface area contributed by atoms with Crippen molar-refractivity contribution in [3.8, 4) is 0 Å². The lowest BCUT2D eigenvalue weighted by Crippen LogP contribution is -2.43. The molecule has 20 heavy (non-hydrogen) atoms. The van der Waals surface area contributed by atoms with Crippen molar-refractivity contribution >= 4 is 27.3 Å². The zero-order valence-electron chi connectivity index (χ0n) is 11.7. The monoisotopic (exact) mass is 317 g/mol. The van der Waals surface area contributed by atoms with E-state index in [0.717, 1.165) is 25.9 Å². The fourth-order valence-corrected chi connectivity index (χ4v) is 4.26. The van der Waals surface area contributed by atoms with Gasteiger partial charge in [0.1, 0.15) is 0 Å². The van der Waals surface area contributed by atoms with Crippen molar-refractivity contribution in [2.75, 3.05) is 25.9 Å². The van der Waals surface area contributed by atoms with Gasteiger partial charge in [0, 0.05) is 16.8 Å². The maximum atomic E-state index is 12.5. The Morgan fingerprint density at radius 1 is 1.35 bits per heavy atom. The molecule has 0 saturated carbocycles. The van der Waals surface area contributed by atoms with Gasteiger partial charge in [0.25, 0.3) is 0 Å². The van der Waals surface area contributed by atoms with E-state index in [0.29, 0.717) is 16.3 Å². The minimum atomic E-state index is -3.59. The number of nitrogens with zero attached hydrogens (tertiary/aromatic N) is 1. The maximum Gasteiger partial charge on any atom is 0.241 e. The van der Waals surface area contributed by atoms with Crippen LogP contribution in [-0.4, -0.2) is 39.5 Å². The molecule has 1 aliphatic heterocycles. The summed E-state index contributed by atoms with van der Waals surface area (Å²) >= 11 is 5.91. The average Bonchev–Trinajstić information content (AvgIpc) is 2.36. The minimum absolute atomic E-state index is 0.0317. The smallest absolute Gasteiger partial charge is 0.241 e. The highest BCUT2D eigenvalue weighted by atomic mass is 35.5. The third kappa shape index (κ3) is 3.44. The highest BCUT2D eigenvalue weighted by molar-refractivity contribution is 7.89. The van der Waals surface area contributed by atoms with Crippen LogP contribution in [0.4, 0.5) is 5.69 Å². The summed E-state index contributed by atoms with van der Waals surface area (Å²) in [5.41, 5.74) is 6.71. The van der Waals surface area contributed by atoms with E-state index in [1.54, 1.807) is 13.0 Å². The van der Waals surface area contributed by atoms with Gasteiger partial charge in [-0.15, -0.1) is 0 Å². The highest BCUT2D eigenvalue weighted by Crippen LogP contribution is 2.26. The molecule has 7 heteroatoms. The summed E-state index contributed by atoms with van der Waals surface area (Å²) in [6, 6.07) is 2.98. The molecular formula is C13H20ClN3O2S. The van der Waals surface area contributed by atoms with Gasteiger partial charge in [-0.1, -0.05) is 11.6 Å². The van der Waals surface area contributed by atoms with Crippen LogP contribution in [-0.2, 0) is 10.0 Å². The number of piperidine rings is 1. The van der Waals surface area contributed by atoms with Crippen molar-refractivity contribution in [3.63, 3.8) is 0 Å². The van der Waals surface area contributed by atoms with Crippen LogP contribution in [0.1, 0.15) is 18.4 Å². The maximum absolute atomic E-state index is 12.5. The number of likely N-dealkylation sites (tertiary alicyclic amines) is 1. The van der Waals surface area contributed by atoms with Crippen molar-refractivity contribution in [2.45, 2.75) is 30.7 Å². The molecule has 0 bridgehead atoms. The molecule has 0 amide bonds. The Hall–Kier alpha value is -0.820. The summed E-state index contributed by atoms with van der Waals surface area (Å²) in [6.45, 7) is 3.47. The van der Waals surface area contributed by atoms with Crippen LogP contribution in [0.25, 0.3) is 0 Å². The van der Waals surface area contributed by atoms with E-state index in [2.05, 4.69) is 9.62 Å². The Bertz CT molecular complexity index is 596. The Morgan fingerprint density at radius 2 is 1.95 bits per heavy atom. The number of benzene rings is 1. The lowest BCUT2D eigenvalue weighted by atomic mass is 10.1. The Morgan fingerprint density at radius 3 is 2.55 bits per heavy atom. The summed E-state index contributed by atoms with van der Waals surface area (Å²) in [7, 11) is -1.55. The molecule has 1 aliphatic rings. The van der Waals surface area contributed by atoms with Crippen LogP contribution in [0.5, 0.6) is 0 Å². The summed E-state index contributed by atoms with van der Waals surface area (Å²) < 4.78 is 27.7. The van der Waals surface area contributed by atoms with Crippen molar-refractivity contribution in [1.29, 1.82) is 0 Å². The lowest BCUT2D eigenvalue weighted by molar-refractivity contribution is 0.248. The molecular weight excluding hydrogens is 298 g/mol. The van der Waals surface area contributed by atoms with Gasteiger partial charge < -0.3 is 10.6 Å². The number of nitrogen functional groups attached to an aromatic ring is 1. The quantitative estimate of drug-likeness (QED) is 0.830. The fourth-order valence-electron chi connectivity index (χ4n) is 2.36. The number of hydrogen-bond donors (Lipinski definition) is 2. The van der Waals surface area contributed by atoms with E-state index in [9.17, 15) is 8.42 Å². The largest absolute Gasteiger partial charge is 0.398 e. The van der Waals surface area contributed by atoms with E-state index in [1.165, 1.54) is 6.07 Å². The molecule has 1 saturated heterocycles. The van der Waals surface area contributed by atoms with Crippen LogP contribution in [0.15, 0.2) is 17.0 Å². The van der Waals surface area contributed by atoms with Crippen molar-refractivity contribution in [2.24, 2.45) is 0 Å². The number of anilines is 1. The molecule has 5 nitrogen and oxygen atoms in total. The Kier molecular flexibility index (Phi) is 4.59. The molecule has 1 aromatic rings. The van der Waals surface area contributed by atoms with Crippen molar-refractivity contribution in [1.82, 2.24) is 9.62 Å². The van der Waals surface area contributed by atoms with Crippen LogP contribution < -0.4 is 10.5 Å². The second-order valence-corrected chi connectivity index (χ2v) is 7.44. The molecule has 1 heterocycles. The second kappa shape index (κ2) is 5.89. The zero-order valence-corrected chi connectivity index (χ0v) is 13.3. The van der Waals surface area contributed by atoms with E-state index in [-0.39, 0.29) is 10.9 Å². The van der Waals surface area contributed by atoms with Crippen LogP contribution in [0.2, 0.25) is 5.02 Å². The van der Waals surface area contributed by atoms with Crippen LogP contribution in [0, 0.1) is 6.92 Å². The minimum Gasteiger partial charge on any atom is -0.398 e. The third-order valence-corrected chi connectivity index (χ3v) is 5.56. The predicted molar refractivity (Wildman–Crippen MR) is 81.4 cm³/mol. The first-order valence-electron chi connectivity index (χ1n) is 6.56. The highest BCUT2D eigenvalue weighted by Gasteiger charge is 2.25. The number of rotatable bonds is 3. The number of halogens is 1. The first-order valence-corrected chi connectivity index (χ1v) is 8.42. The van der Waals surface area contributed by atoms with E-state index < -0.39 is 10.0 Å². The number of hydrogen-bond acceptors (Lipinski definition) is 4. The van der Waals surface area contributed by atoms with E-state index >= 15 is 0 Å². The van der Waals surface area contributed by atoms with Crippen LogP contribution >= 0.6 is 11.6 Å². The fraction of sp³-hybridized carbons (Fsp3) is 0.538. The van der Waals surface area contributed by atoms with Gasteiger partial charge >= 0.3 is 0 Å². The standard InChI is InChI=1S/C13H20ClN3O2S/c1-9-12(15)7-10(14)8-13(9)20(18,19)16-11-3-5-17(2)6-4-11/h7-8,11,16H,3-6,15H2,1-2H3. The second-order valence-electron chi connectivity index (χ2n) is 5.32. The topological polar surface area (TPSA) is 75.4 Å². The normalized spacial score (nSPS) is 18.4. The Labute approximate surface area is 125 Å². The predicted octanol–water partition coefficient (Wildman–Crippen LogP) is 1.60. The number of nitrogens with two attached hydrogens (primary N) is 1. The van der Waals surface area contributed by atoms with Gasteiger partial charge in [0.05, 0.1) is 4.90 Å². The van der Waals surface area contributed by atoms with Crippen molar-refractivity contribution < 1.29 is 8.42 Å². The summed E-state index contributed by atoms with van der Waals surface area (Å²) in [5.74, 6) is 0. The molecule has 1 fully saturated rings. The molecule has 0 radical (unpaired) electrons. The lowest BCUT2D eigenvalue weighted by Gasteiger charge is -2.29. The third-order valence-electron chi connectivity index (χ3n) is 3.69. The average molecular weight is 318 g/mol. The van der Waals surface area contributed by atoms with Gasteiger partial charge in [0.15, 0.2) is 0 Å². The van der Waals surface area contributed by atoms with Gasteiger partial charge in [0.2, 0.25) is 10.0 Å². The molecule has 112 valence electrons. The molecule has 0 aromatic heterocycles. The first-order chi connectivity index (χ1) is 9.29. The molecule has 0 atom stereocenters. The van der Waals surface area contributed by atoms with E-state index in [4.69, 9.17) is 17.3 Å². The molecule has 0 spiro atoms. The van der Waals surface area contributed by atoms with Gasteiger partial charge in [-0.25, -0.2) is 13.1 Å². The molecule has 0 unspecified atom stereocenters. The SMILES string of the molecule is Cc1c(N)cc(Cl)cc1S(=O)(=O)NC1CCN(C)CC1. The molecule has 1 aromatic carbocycles. The molecule has 0 aliphatic carbocycles. The van der Waals surface area contributed by atoms with E-state index in [1.807, 2.05) is 7.05 Å². The summed E-state index contributed by atoms with van der Waals surface area (Å²) in [5, 5.41) is 0.330. The summed E-state index contributed by atoms with van der Waals surface area (Å²) in [6.07, 6.45) is 1.62. The van der Waals surface area contributed by atoms with Gasteiger partial charge in [-0.3, -0.25) is 0 Å². The van der Waals surface area contributed by atoms with Crippen LogP contribution in [0.3, 0.4) is 0 Å². The number of nitrogens with one attached hydrogen (secondary N) is 1. The van der Waals surface area contributed by atoms with Crippen molar-refractivity contribution in [3.05, 3.63) is 22.7 Å². The van der Waals surface area contributed by atoms with Gasteiger partial charge in [-0.05, 0) is 57.6 Å². The first kappa shape index (κ1) is 15.6. The van der Waals surface area contributed by atoms with Gasteiger partial charge in [-0.2, -0.15) is 0 Å². The summed E-state index contributed by atoms with van der Waals surface area (Å²) in [4.78, 5) is 2.36. The molecule has 3 N–H and O–H groups in total. The molecule has 2 rings (SSSR count). The Balaban J connectivity index is 2.23. The zero-order chi connectivity index (χ0) is 14.9. The number of sulfonamides is 1.